The third-order valence-electron chi connectivity index (χ3n) is 5.16. The molecule has 2 aliphatic carbocycles. The Hall–Kier alpha value is -0.530. The maximum Gasteiger partial charge on any atom is 0.223 e. The highest BCUT2D eigenvalue weighted by Gasteiger charge is 2.42. The molecule has 1 N–H and O–H groups in total. The van der Waals surface area contributed by atoms with Crippen molar-refractivity contribution in [3.05, 3.63) is 0 Å². The number of carbonyl (C=O) groups excluding carboxylic acids is 1. The van der Waals surface area contributed by atoms with Crippen LogP contribution in [0.5, 0.6) is 0 Å². The topological polar surface area (TPSA) is 29.1 Å². The second kappa shape index (κ2) is 5.41. The zero-order valence-corrected chi connectivity index (χ0v) is 11.5. The summed E-state index contributed by atoms with van der Waals surface area (Å²) in [5.41, 5.74) is 0. The largest absolute Gasteiger partial charge is 0.353 e. The maximum atomic E-state index is 12.1. The van der Waals surface area contributed by atoms with Crippen molar-refractivity contribution in [3.63, 3.8) is 0 Å². The highest BCUT2D eigenvalue weighted by molar-refractivity contribution is 5.78. The molecular weight excluding hydrogens is 210 g/mol. The summed E-state index contributed by atoms with van der Waals surface area (Å²) in [5.74, 6) is 3.13. The van der Waals surface area contributed by atoms with Crippen molar-refractivity contribution >= 4 is 5.91 Å². The molecule has 2 heteroatoms. The van der Waals surface area contributed by atoms with Crippen molar-refractivity contribution in [2.24, 2.45) is 23.7 Å². The third-order valence-corrected chi connectivity index (χ3v) is 5.16. The molecule has 2 nitrogen and oxygen atoms in total. The normalized spacial score (nSPS) is 33.1. The number of hydrogen-bond acceptors (Lipinski definition) is 1. The molecule has 2 saturated carbocycles. The molecule has 2 bridgehead atoms. The number of nitrogens with one attached hydrogen (secondary N) is 1. The molecule has 2 aliphatic rings. The summed E-state index contributed by atoms with van der Waals surface area (Å²) in [7, 11) is 0. The van der Waals surface area contributed by atoms with Gasteiger partial charge in [-0.1, -0.05) is 20.3 Å². The van der Waals surface area contributed by atoms with Gasteiger partial charge in [0.1, 0.15) is 0 Å². The van der Waals surface area contributed by atoms with Gasteiger partial charge in [-0.3, -0.25) is 4.79 Å². The van der Waals surface area contributed by atoms with E-state index >= 15 is 0 Å². The van der Waals surface area contributed by atoms with Gasteiger partial charge in [-0.15, -0.1) is 0 Å². The third kappa shape index (κ3) is 2.66. The monoisotopic (exact) mass is 237 g/mol. The lowest BCUT2D eigenvalue weighted by atomic mass is 9.83. The fraction of sp³-hybridized carbons (Fsp3) is 0.933. The van der Waals surface area contributed by atoms with Gasteiger partial charge in [0, 0.05) is 12.0 Å². The number of rotatable bonds is 5. The van der Waals surface area contributed by atoms with E-state index in [0.717, 1.165) is 30.6 Å². The molecule has 0 aromatic rings. The Morgan fingerprint density at radius 3 is 2.41 bits per heavy atom. The highest BCUT2D eigenvalue weighted by Crippen LogP contribution is 2.49. The number of amides is 1. The van der Waals surface area contributed by atoms with E-state index in [2.05, 4.69) is 26.1 Å². The molecule has 0 aliphatic heterocycles. The molecular formula is C15H27NO. The van der Waals surface area contributed by atoms with E-state index in [-0.39, 0.29) is 11.8 Å². The van der Waals surface area contributed by atoms with Crippen LogP contribution in [0, 0.1) is 23.7 Å². The predicted octanol–water partition coefficient (Wildman–Crippen LogP) is 3.36. The maximum absolute atomic E-state index is 12.1. The molecule has 4 atom stereocenters. The van der Waals surface area contributed by atoms with Crippen LogP contribution in [0.15, 0.2) is 0 Å². The van der Waals surface area contributed by atoms with Gasteiger partial charge in [0.15, 0.2) is 0 Å². The standard InChI is InChI=1S/C15H27NO/c1-4-12(5-2)15(17)16-10(3)14-9-11-6-7-13(14)8-11/h10-14H,4-9H2,1-3H3,(H,16,17). The van der Waals surface area contributed by atoms with Crippen LogP contribution in [0.2, 0.25) is 0 Å². The molecule has 1 amide bonds. The lowest BCUT2D eigenvalue weighted by Crippen LogP contribution is -2.42. The van der Waals surface area contributed by atoms with Crippen LogP contribution in [0.4, 0.5) is 0 Å². The summed E-state index contributed by atoms with van der Waals surface area (Å²) in [6.45, 7) is 6.43. The molecule has 0 saturated heterocycles. The van der Waals surface area contributed by atoms with E-state index < -0.39 is 0 Å². The minimum Gasteiger partial charge on any atom is -0.353 e. The average Bonchev–Trinajstić information content (AvgIpc) is 2.92. The van der Waals surface area contributed by atoms with Crippen LogP contribution >= 0.6 is 0 Å². The number of carbonyl (C=O) groups is 1. The van der Waals surface area contributed by atoms with Gasteiger partial charge in [0.25, 0.3) is 0 Å². The molecule has 0 spiro atoms. The SMILES string of the molecule is CCC(CC)C(=O)NC(C)C1CC2CCC1C2. The van der Waals surface area contributed by atoms with E-state index in [1.807, 2.05) is 0 Å². The summed E-state index contributed by atoms with van der Waals surface area (Å²) < 4.78 is 0. The summed E-state index contributed by atoms with van der Waals surface area (Å²) in [6.07, 6.45) is 7.55. The van der Waals surface area contributed by atoms with E-state index in [4.69, 9.17) is 0 Å². The summed E-state index contributed by atoms with van der Waals surface area (Å²) in [4.78, 5) is 12.1. The zero-order chi connectivity index (χ0) is 12.4. The van der Waals surface area contributed by atoms with Crippen LogP contribution < -0.4 is 5.32 Å². The first-order valence-electron chi connectivity index (χ1n) is 7.46. The van der Waals surface area contributed by atoms with Crippen molar-refractivity contribution in [2.45, 2.75) is 65.3 Å². The Labute approximate surface area is 106 Å². The first-order valence-corrected chi connectivity index (χ1v) is 7.46. The highest BCUT2D eigenvalue weighted by atomic mass is 16.1. The van der Waals surface area contributed by atoms with E-state index in [1.54, 1.807) is 0 Å². The lowest BCUT2D eigenvalue weighted by molar-refractivity contribution is -0.126. The van der Waals surface area contributed by atoms with Gasteiger partial charge in [0.05, 0.1) is 0 Å². The Bertz CT molecular complexity index is 272. The minimum atomic E-state index is 0.219. The Balaban J connectivity index is 1.84. The predicted molar refractivity (Wildman–Crippen MR) is 70.6 cm³/mol. The average molecular weight is 237 g/mol. The molecule has 2 fully saturated rings. The van der Waals surface area contributed by atoms with Crippen LogP contribution in [0.1, 0.15) is 59.3 Å². The fourth-order valence-electron chi connectivity index (χ4n) is 4.02. The van der Waals surface area contributed by atoms with Crippen molar-refractivity contribution in [3.8, 4) is 0 Å². The summed E-state index contributed by atoms with van der Waals surface area (Å²) >= 11 is 0. The summed E-state index contributed by atoms with van der Waals surface area (Å²) in [5, 5.41) is 3.27. The molecule has 17 heavy (non-hydrogen) atoms. The van der Waals surface area contributed by atoms with E-state index in [0.29, 0.717) is 6.04 Å². The molecule has 4 unspecified atom stereocenters. The second-order valence-electron chi connectivity index (χ2n) is 6.15. The summed E-state index contributed by atoms with van der Waals surface area (Å²) in [6, 6.07) is 0.387. The van der Waals surface area contributed by atoms with Crippen LogP contribution in [-0.4, -0.2) is 11.9 Å². The Morgan fingerprint density at radius 1 is 1.24 bits per heavy atom. The van der Waals surface area contributed by atoms with E-state index in [1.165, 1.54) is 25.7 Å². The zero-order valence-electron chi connectivity index (χ0n) is 11.5. The van der Waals surface area contributed by atoms with Crippen LogP contribution in [0.3, 0.4) is 0 Å². The number of hydrogen-bond donors (Lipinski definition) is 1. The minimum absolute atomic E-state index is 0.219. The van der Waals surface area contributed by atoms with Crippen LogP contribution in [0.25, 0.3) is 0 Å². The first-order chi connectivity index (χ1) is 8.15. The molecule has 98 valence electrons. The first kappa shape index (κ1) is 12.9. The quantitative estimate of drug-likeness (QED) is 0.780. The molecule has 0 aromatic carbocycles. The van der Waals surface area contributed by atoms with Crippen LogP contribution in [-0.2, 0) is 4.79 Å². The van der Waals surface area contributed by atoms with Gasteiger partial charge in [-0.05, 0) is 56.8 Å². The molecule has 0 radical (unpaired) electrons. The second-order valence-corrected chi connectivity index (χ2v) is 6.15. The molecule has 2 rings (SSSR count). The van der Waals surface area contributed by atoms with Gasteiger partial charge in [-0.2, -0.15) is 0 Å². The van der Waals surface area contributed by atoms with Crippen molar-refractivity contribution in [1.82, 2.24) is 5.32 Å². The van der Waals surface area contributed by atoms with E-state index in [9.17, 15) is 4.79 Å². The van der Waals surface area contributed by atoms with Gasteiger partial charge in [-0.25, -0.2) is 0 Å². The molecule has 0 aromatic heterocycles. The fourth-order valence-corrected chi connectivity index (χ4v) is 4.02. The number of fused-ring (bicyclic) bond motifs is 2. The van der Waals surface area contributed by atoms with Gasteiger partial charge in [0.2, 0.25) is 5.91 Å². The van der Waals surface area contributed by atoms with Crippen molar-refractivity contribution in [1.29, 1.82) is 0 Å². The lowest BCUT2D eigenvalue weighted by Gasteiger charge is -2.29. The Kier molecular flexibility index (Phi) is 4.11. The molecule has 0 heterocycles. The van der Waals surface area contributed by atoms with Gasteiger partial charge >= 0.3 is 0 Å². The Morgan fingerprint density at radius 2 is 1.94 bits per heavy atom. The smallest absolute Gasteiger partial charge is 0.223 e. The van der Waals surface area contributed by atoms with Crippen molar-refractivity contribution < 1.29 is 4.79 Å². The van der Waals surface area contributed by atoms with Crippen molar-refractivity contribution in [2.75, 3.05) is 0 Å². The van der Waals surface area contributed by atoms with Gasteiger partial charge < -0.3 is 5.32 Å².